The SMILES string of the molecule is O=C(Nc1nn(Cc2cccc(F)c2)cc1Cl)c1nn2c(C(F)(F)F)cc(-c3cccs3)nc2c1Cl. The lowest BCUT2D eigenvalue weighted by Gasteiger charge is -2.10. The Kier molecular flexibility index (Phi) is 6.18. The molecule has 184 valence electrons. The highest BCUT2D eigenvalue weighted by atomic mass is 35.5. The Labute approximate surface area is 213 Å². The van der Waals surface area contributed by atoms with E-state index in [0.717, 1.165) is 6.07 Å². The third-order valence-corrected chi connectivity index (χ3v) is 6.51. The number of hydrogen-bond donors (Lipinski definition) is 1. The Morgan fingerprint density at radius 3 is 2.61 bits per heavy atom. The van der Waals surface area contributed by atoms with Crippen molar-refractivity contribution in [2.45, 2.75) is 12.7 Å². The first-order valence-electron chi connectivity index (χ1n) is 10.1. The summed E-state index contributed by atoms with van der Waals surface area (Å²) in [5.74, 6) is -1.43. The second kappa shape index (κ2) is 9.19. The average Bonchev–Trinajstić information content (AvgIpc) is 3.53. The van der Waals surface area contributed by atoms with Crippen molar-refractivity contribution in [2.24, 2.45) is 0 Å². The van der Waals surface area contributed by atoms with Crippen LogP contribution in [0.15, 0.2) is 54.0 Å². The second-order valence-electron chi connectivity index (χ2n) is 7.51. The number of nitrogens with zero attached hydrogens (tertiary/aromatic N) is 5. The minimum absolute atomic E-state index is 0.0396. The molecule has 0 saturated carbocycles. The fourth-order valence-corrected chi connectivity index (χ4v) is 4.57. The van der Waals surface area contributed by atoms with Gasteiger partial charge >= 0.3 is 6.18 Å². The van der Waals surface area contributed by atoms with Gasteiger partial charge in [0.15, 0.2) is 22.9 Å². The van der Waals surface area contributed by atoms with Crippen molar-refractivity contribution in [1.82, 2.24) is 24.4 Å². The normalized spacial score (nSPS) is 11.8. The summed E-state index contributed by atoms with van der Waals surface area (Å²) in [6, 6.07) is 9.97. The fourth-order valence-electron chi connectivity index (χ4n) is 3.44. The number of carbonyl (C=O) groups excluding carboxylic acids is 1. The van der Waals surface area contributed by atoms with Gasteiger partial charge in [-0.25, -0.2) is 13.9 Å². The number of fused-ring (bicyclic) bond motifs is 1. The highest BCUT2D eigenvalue weighted by molar-refractivity contribution is 7.13. The van der Waals surface area contributed by atoms with Crippen molar-refractivity contribution < 1.29 is 22.4 Å². The predicted octanol–water partition coefficient (Wildman–Crippen LogP) is 6.42. The molecule has 0 bridgehead atoms. The zero-order valence-corrected chi connectivity index (χ0v) is 20.1. The van der Waals surface area contributed by atoms with Gasteiger partial charge in [-0.3, -0.25) is 9.48 Å². The number of nitrogens with one attached hydrogen (secondary N) is 1. The third-order valence-electron chi connectivity index (χ3n) is 4.99. The minimum Gasteiger partial charge on any atom is -0.302 e. The van der Waals surface area contributed by atoms with Gasteiger partial charge in [-0.1, -0.05) is 41.4 Å². The first-order chi connectivity index (χ1) is 17.1. The van der Waals surface area contributed by atoms with Crippen LogP contribution < -0.4 is 5.32 Å². The standard InChI is InChI=1S/C22H12Cl2F4N6OS/c23-13-10-33(9-11-3-1-4-12(25)7-11)32-19(13)30-21(35)18-17(24)20-29-14(15-5-2-6-36-15)8-16(22(26,27)28)34(20)31-18/h1-8,10H,9H2,(H,30,32,35). The van der Waals surface area contributed by atoms with Gasteiger partial charge in [0.2, 0.25) is 0 Å². The maximum Gasteiger partial charge on any atom is 0.433 e. The van der Waals surface area contributed by atoms with Gasteiger partial charge in [0.1, 0.15) is 15.9 Å². The molecule has 0 fully saturated rings. The van der Waals surface area contributed by atoms with E-state index in [1.807, 2.05) is 0 Å². The Hall–Kier alpha value is -3.48. The summed E-state index contributed by atoms with van der Waals surface area (Å²) >= 11 is 13.6. The van der Waals surface area contributed by atoms with Gasteiger partial charge in [-0.15, -0.1) is 11.3 Å². The lowest BCUT2D eigenvalue weighted by atomic mass is 10.2. The number of hydrogen-bond acceptors (Lipinski definition) is 5. The molecule has 1 N–H and O–H groups in total. The Morgan fingerprint density at radius 1 is 1.11 bits per heavy atom. The van der Waals surface area contributed by atoms with E-state index in [4.69, 9.17) is 23.2 Å². The van der Waals surface area contributed by atoms with Gasteiger partial charge in [0, 0.05) is 6.20 Å². The topological polar surface area (TPSA) is 77.1 Å². The number of thiophene rings is 1. The van der Waals surface area contributed by atoms with Crippen LogP contribution >= 0.6 is 34.5 Å². The van der Waals surface area contributed by atoms with Crippen molar-refractivity contribution in [3.05, 3.63) is 86.9 Å². The highest BCUT2D eigenvalue weighted by Crippen LogP contribution is 2.35. The molecular weight excluding hydrogens is 543 g/mol. The molecule has 4 heterocycles. The molecule has 0 aliphatic carbocycles. The Bertz CT molecular complexity index is 1600. The van der Waals surface area contributed by atoms with E-state index < -0.39 is 29.3 Å². The lowest BCUT2D eigenvalue weighted by molar-refractivity contribution is -0.142. The van der Waals surface area contributed by atoms with E-state index in [1.165, 1.54) is 40.4 Å². The molecule has 0 unspecified atom stereocenters. The molecule has 0 aliphatic heterocycles. The summed E-state index contributed by atoms with van der Waals surface area (Å²) in [5.41, 5.74) is -1.33. The van der Waals surface area contributed by atoms with Crippen molar-refractivity contribution in [3.63, 3.8) is 0 Å². The molecular formula is C22H12Cl2F4N6OS. The van der Waals surface area contributed by atoms with Gasteiger partial charge in [0.05, 0.1) is 17.1 Å². The maximum atomic E-state index is 13.8. The van der Waals surface area contributed by atoms with Crippen LogP contribution in [0.5, 0.6) is 0 Å². The molecule has 1 amide bonds. The second-order valence-corrected chi connectivity index (χ2v) is 9.24. The van der Waals surface area contributed by atoms with Crippen LogP contribution in [-0.2, 0) is 12.7 Å². The van der Waals surface area contributed by atoms with Crippen LogP contribution in [0.1, 0.15) is 21.7 Å². The zero-order chi connectivity index (χ0) is 25.6. The number of carbonyl (C=O) groups is 1. The quantitative estimate of drug-likeness (QED) is 0.254. The predicted molar refractivity (Wildman–Crippen MR) is 127 cm³/mol. The number of benzene rings is 1. The van der Waals surface area contributed by atoms with Crippen molar-refractivity contribution >= 4 is 51.9 Å². The van der Waals surface area contributed by atoms with Gasteiger partial charge < -0.3 is 5.32 Å². The summed E-state index contributed by atoms with van der Waals surface area (Å²) < 4.78 is 56.7. The van der Waals surface area contributed by atoms with E-state index in [1.54, 1.807) is 23.6 Å². The molecule has 0 atom stereocenters. The Morgan fingerprint density at radius 2 is 1.92 bits per heavy atom. The van der Waals surface area contributed by atoms with Crippen molar-refractivity contribution in [1.29, 1.82) is 0 Å². The molecule has 5 aromatic rings. The molecule has 1 aromatic carbocycles. The lowest BCUT2D eigenvalue weighted by Crippen LogP contribution is -2.16. The summed E-state index contributed by atoms with van der Waals surface area (Å²) in [6.45, 7) is 0.160. The summed E-state index contributed by atoms with van der Waals surface area (Å²) in [7, 11) is 0. The first kappa shape index (κ1) is 24.2. The molecule has 4 aromatic heterocycles. The molecule has 36 heavy (non-hydrogen) atoms. The first-order valence-corrected chi connectivity index (χ1v) is 11.7. The molecule has 0 saturated heterocycles. The number of halogens is 6. The van der Waals surface area contributed by atoms with E-state index in [2.05, 4.69) is 20.5 Å². The molecule has 0 radical (unpaired) electrons. The zero-order valence-electron chi connectivity index (χ0n) is 17.7. The number of alkyl halides is 3. The van der Waals surface area contributed by atoms with Crippen LogP contribution in [0.25, 0.3) is 16.2 Å². The van der Waals surface area contributed by atoms with Crippen LogP contribution in [0.2, 0.25) is 10.0 Å². The van der Waals surface area contributed by atoms with Crippen molar-refractivity contribution in [3.8, 4) is 10.6 Å². The maximum absolute atomic E-state index is 13.8. The third kappa shape index (κ3) is 4.66. The van der Waals surface area contributed by atoms with Crippen LogP contribution in [0, 0.1) is 5.82 Å². The highest BCUT2D eigenvalue weighted by Gasteiger charge is 2.37. The molecule has 5 rings (SSSR count). The summed E-state index contributed by atoms with van der Waals surface area (Å²) in [4.78, 5) is 17.6. The average molecular weight is 555 g/mol. The van der Waals surface area contributed by atoms with Crippen LogP contribution in [0.4, 0.5) is 23.4 Å². The number of amides is 1. The van der Waals surface area contributed by atoms with Gasteiger partial charge in [-0.05, 0) is 35.2 Å². The summed E-state index contributed by atoms with van der Waals surface area (Å²) in [6.07, 6.45) is -3.39. The van der Waals surface area contributed by atoms with E-state index >= 15 is 0 Å². The van der Waals surface area contributed by atoms with E-state index in [9.17, 15) is 22.4 Å². The minimum atomic E-state index is -4.80. The summed E-state index contributed by atoms with van der Waals surface area (Å²) in [5, 5.41) is 11.7. The van der Waals surface area contributed by atoms with Gasteiger partial charge in [-0.2, -0.15) is 23.4 Å². The van der Waals surface area contributed by atoms with Crippen LogP contribution in [0.3, 0.4) is 0 Å². The monoisotopic (exact) mass is 554 g/mol. The van der Waals surface area contributed by atoms with E-state index in [-0.39, 0.29) is 33.7 Å². The van der Waals surface area contributed by atoms with Crippen LogP contribution in [-0.4, -0.2) is 30.3 Å². The largest absolute Gasteiger partial charge is 0.433 e. The Balaban J connectivity index is 1.48. The number of anilines is 1. The van der Waals surface area contributed by atoms with Gasteiger partial charge in [0.25, 0.3) is 5.91 Å². The molecule has 14 heteroatoms. The van der Waals surface area contributed by atoms with E-state index in [0.29, 0.717) is 15.0 Å². The molecule has 0 aliphatic rings. The number of rotatable bonds is 5. The fraction of sp³-hybridized carbons (Fsp3) is 0.0909. The number of aromatic nitrogens is 5. The molecule has 7 nitrogen and oxygen atoms in total. The smallest absolute Gasteiger partial charge is 0.302 e. The molecule has 0 spiro atoms. The van der Waals surface area contributed by atoms with Crippen molar-refractivity contribution in [2.75, 3.05) is 5.32 Å².